The minimum absolute atomic E-state index is 0.0970. The zero-order chi connectivity index (χ0) is 58.5. The largest absolute Gasteiger partial charge is 0.462 e. The molecule has 0 rings (SSSR count). The molecule has 0 aromatic rings. The molecule has 0 saturated carbocycles. The van der Waals surface area contributed by atoms with Crippen LogP contribution in [0.25, 0.3) is 0 Å². The summed E-state index contributed by atoms with van der Waals surface area (Å²) < 4.78 is 16.9. The highest BCUT2D eigenvalue weighted by Crippen LogP contribution is 2.16. The Hall–Kier alpha value is -4.19. The van der Waals surface area contributed by atoms with Crippen molar-refractivity contribution in [3.05, 3.63) is 122 Å². The van der Waals surface area contributed by atoms with Crippen molar-refractivity contribution in [1.82, 2.24) is 0 Å². The van der Waals surface area contributed by atoms with E-state index in [1.54, 1.807) is 0 Å². The van der Waals surface area contributed by atoms with Crippen LogP contribution in [0.1, 0.15) is 316 Å². The monoisotopic (exact) mass is 1120 g/mol. The molecule has 81 heavy (non-hydrogen) atoms. The van der Waals surface area contributed by atoms with Crippen LogP contribution in [0.15, 0.2) is 122 Å². The van der Waals surface area contributed by atoms with Gasteiger partial charge >= 0.3 is 17.9 Å². The molecule has 0 fully saturated rings. The Morgan fingerprint density at radius 2 is 0.506 bits per heavy atom. The Morgan fingerprint density at radius 3 is 0.815 bits per heavy atom. The van der Waals surface area contributed by atoms with Crippen molar-refractivity contribution in [1.29, 1.82) is 0 Å². The van der Waals surface area contributed by atoms with Crippen molar-refractivity contribution in [2.75, 3.05) is 13.2 Å². The van der Waals surface area contributed by atoms with Gasteiger partial charge in [0.25, 0.3) is 0 Å². The second-order valence-corrected chi connectivity index (χ2v) is 22.3. The van der Waals surface area contributed by atoms with Crippen molar-refractivity contribution < 1.29 is 28.6 Å². The first-order valence-corrected chi connectivity index (χ1v) is 34.0. The van der Waals surface area contributed by atoms with E-state index < -0.39 is 6.10 Å². The molecule has 0 radical (unpaired) electrons. The molecule has 0 heterocycles. The second kappa shape index (κ2) is 68.3. The first kappa shape index (κ1) is 76.8. The summed E-state index contributed by atoms with van der Waals surface area (Å²) in [5.74, 6) is -0.938. The predicted octanol–water partition coefficient (Wildman–Crippen LogP) is 23.6. The highest BCUT2D eigenvalue weighted by Gasteiger charge is 2.19. The SMILES string of the molecule is CC/C=C\C/C=C\C/C=C\C/C=C\C/C=C\CCCCCC(=O)OC(COC(=O)CCCCCCC/C=C\C/C=C\CCC)COC(=O)CCCCCCCCCCCCCCCCCC/C=C\C/C=C\C/C=C\CCCCCCC. The minimum atomic E-state index is -0.805. The normalized spacial score (nSPS) is 12.9. The first-order chi connectivity index (χ1) is 40.0. The molecule has 0 aliphatic heterocycles. The highest BCUT2D eigenvalue weighted by atomic mass is 16.6. The molecule has 0 aliphatic carbocycles. The van der Waals surface area contributed by atoms with Crippen LogP contribution in [0.3, 0.4) is 0 Å². The Kier molecular flexibility index (Phi) is 64.8. The van der Waals surface area contributed by atoms with Crippen LogP contribution >= 0.6 is 0 Å². The lowest BCUT2D eigenvalue weighted by atomic mass is 10.0. The molecule has 0 bridgehead atoms. The summed E-state index contributed by atoms with van der Waals surface area (Å²) in [7, 11) is 0. The molecule has 0 N–H and O–H groups in total. The fourth-order valence-electron chi connectivity index (χ4n) is 9.34. The number of esters is 3. The van der Waals surface area contributed by atoms with Gasteiger partial charge in [0.05, 0.1) is 0 Å². The molecule has 0 spiro atoms. The Labute approximate surface area is 501 Å². The summed E-state index contributed by atoms with van der Waals surface area (Å²) in [6.45, 7) is 6.43. The van der Waals surface area contributed by atoms with E-state index >= 15 is 0 Å². The lowest BCUT2D eigenvalue weighted by Gasteiger charge is -2.18. The van der Waals surface area contributed by atoms with E-state index in [4.69, 9.17) is 14.2 Å². The minimum Gasteiger partial charge on any atom is -0.462 e. The number of unbranched alkanes of at least 4 members (excludes halogenated alkanes) is 30. The van der Waals surface area contributed by atoms with Crippen molar-refractivity contribution in [2.24, 2.45) is 0 Å². The second-order valence-electron chi connectivity index (χ2n) is 22.3. The maximum atomic E-state index is 12.9. The average Bonchev–Trinajstić information content (AvgIpc) is 3.46. The predicted molar refractivity (Wildman–Crippen MR) is 353 cm³/mol. The Morgan fingerprint density at radius 1 is 0.259 bits per heavy atom. The lowest BCUT2D eigenvalue weighted by molar-refractivity contribution is -0.167. The molecule has 1 unspecified atom stereocenters. The van der Waals surface area contributed by atoms with Crippen LogP contribution in [0, 0.1) is 0 Å². The van der Waals surface area contributed by atoms with E-state index in [1.807, 2.05) is 0 Å². The van der Waals surface area contributed by atoms with Crippen LogP contribution in [0.4, 0.5) is 0 Å². The van der Waals surface area contributed by atoms with Crippen LogP contribution in [-0.2, 0) is 28.6 Å². The lowest BCUT2D eigenvalue weighted by Crippen LogP contribution is -2.30. The van der Waals surface area contributed by atoms with Gasteiger partial charge in [-0.2, -0.15) is 0 Å². The van der Waals surface area contributed by atoms with Gasteiger partial charge in [-0.15, -0.1) is 0 Å². The molecule has 462 valence electrons. The van der Waals surface area contributed by atoms with Crippen molar-refractivity contribution >= 4 is 17.9 Å². The molecule has 0 aliphatic rings. The van der Waals surface area contributed by atoms with Crippen molar-refractivity contribution in [3.8, 4) is 0 Å². The molecule has 0 aromatic carbocycles. The van der Waals surface area contributed by atoms with Gasteiger partial charge in [0, 0.05) is 19.3 Å². The van der Waals surface area contributed by atoms with E-state index in [-0.39, 0.29) is 37.5 Å². The smallest absolute Gasteiger partial charge is 0.306 e. The molecule has 0 aromatic heterocycles. The molecule has 1 atom stereocenters. The van der Waals surface area contributed by atoms with Gasteiger partial charge in [-0.3, -0.25) is 14.4 Å². The number of rotatable bonds is 61. The fraction of sp³-hybridized carbons (Fsp3) is 0.693. The van der Waals surface area contributed by atoms with Crippen LogP contribution in [-0.4, -0.2) is 37.2 Å². The standard InChI is InChI=1S/C75H126O6/c1-4-7-10-13-16-19-22-25-27-29-31-32-33-34-35-36-37-38-39-40-41-42-44-45-47-50-53-56-59-62-65-68-74(77)80-71-72(70-79-73(76)67-64-61-58-55-52-49-24-21-18-15-12-9-6-3)81-75(78)69-66-63-60-57-54-51-48-46-43-30-28-26-23-20-17-14-11-8-5-2/h8,11-12,15,17,20-22,24-26,28-29,31,33-34,43,46,51,54,72H,4-7,9-10,13-14,16,18-19,23,27,30,32,35-42,44-45,47-50,52-53,55-71H2,1-3H3/b11-8-,15-12-,20-17-,24-21-,25-22-,28-26-,31-29-,34-33-,46-43-,54-51-. The number of carbonyl (C=O) groups excluding carboxylic acids is 3. The number of ether oxygens (including phenoxy) is 3. The van der Waals surface area contributed by atoms with E-state index in [0.717, 1.165) is 141 Å². The zero-order valence-electron chi connectivity index (χ0n) is 53.0. The highest BCUT2D eigenvalue weighted by molar-refractivity contribution is 5.71. The van der Waals surface area contributed by atoms with Gasteiger partial charge in [-0.05, 0) is 128 Å². The Balaban J connectivity index is 4.28. The van der Waals surface area contributed by atoms with Gasteiger partial charge in [-0.25, -0.2) is 0 Å². The molecular weight excluding hydrogens is 997 g/mol. The van der Waals surface area contributed by atoms with Gasteiger partial charge in [0.15, 0.2) is 6.10 Å². The van der Waals surface area contributed by atoms with Gasteiger partial charge in [0.1, 0.15) is 13.2 Å². The number of hydrogen-bond donors (Lipinski definition) is 0. The molecule has 0 amide bonds. The van der Waals surface area contributed by atoms with Crippen LogP contribution < -0.4 is 0 Å². The molecule has 6 heteroatoms. The van der Waals surface area contributed by atoms with E-state index in [9.17, 15) is 14.4 Å². The molecular formula is C75H126O6. The average molecular weight is 1120 g/mol. The van der Waals surface area contributed by atoms with Crippen molar-refractivity contribution in [2.45, 2.75) is 322 Å². The van der Waals surface area contributed by atoms with Crippen LogP contribution in [0.5, 0.6) is 0 Å². The first-order valence-electron chi connectivity index (χ1n) is 34.0. The van der Waals surface area contributed by atoms with Gasteiger partial charge < -0.3 is 14.2 Å². The maximum absolute atomic E-state index is 12.9. The fourth-order valence-corrected chi connectivity index (χ4v) is 9.34. The third-order valence-electron chi connectivity index (χ3n) is 14.4. The summed E-state index contributed by atoms with van der Waals surface area (Å²) in [6, 6.07) is 0. The summed E-state index contributed by atoms with van der Waals surface area (Å²) in [6.07, 6.45) is 95.1. The van der Waals surface area contributed by atoms with Gasteiger partial charge in [0.2, 0.25) is 0 Å². The number of hydrogen-bond acceptors (Lipinski definition) is 6. The third kappa shape index (κ3) is 66.5. The molecule has 0 saturated heterocycles. The summed E-state index contributed by atoms with van der Waals surface area (Å²) in [5, 5.41) is 0. The Bertz CT molecular complexity index is 1670. The van der Waals surface area contributed by atoms with E-state index in [1.165, 1.54) is 135 Å². The quantitative estimate of drug-likeness (QED) is 0.0261. The van der Waals surface area contributed by atoms with Crippen LogP contribution in [0.2, 0.25) is 0 Å². The van der Waals surface area contributed by atoms with Gasteiger partial charge in [-0.1, -0.05) is 290 Å². The molecule has 6 nitrogen and oxygen atoms in total. The summed E-state index contributed by atoms with van der Waals surface area (Å²) in [4.78, 5) is 38.3. The topological polar surface area (TPSA) is 78.9 Å². The summed E-state index contributed by atoms with van der Waals surface area (Å²) >= 11 is 0. The summed E-state index contributed by atoms with van der Waals surface area (Å²) in [5.41, 5.74) is 0. The maximum Gasteiger partial charge on any atom is 0.306 e. The number of carbonyl (C=O) groups is 3. The van der Waals surface area contributed by atoms with E-state index in [2.05, 4.69) is 142 Å². The van der Waals surface area contributed by atoms with Crippen molar-refractivity contribution in [3.63, 3.8) is 0 Å². The third-order valence-corrected chi connectivity index (χ3v) is 14.4. The zero-order valence-corrected chi connectivity index (χ0v) is 53.0. The van der Waals surface area contributed by atoms with E-state index in [0.29, 0.717) is 12.8 Å². The number of allylic oxidation sites excluding steroid dienone is 20.